The molecule has 8 heteroatoms. The average molecular weight is 479 g/mol. The van der Waals surface area contributed by atoms with Gasteiger partial charge in [-0.2, -0.15) is 0 Å². The monoisotopic (exact) mass is 477 g/mol. The van der Waals surface area contributed by atoms with Crippen LogP contribution in [-0.4, -0.2) is 20.7 Å². The van der Waals surface area contributed by atoms with E-state index in [9.17, 15) is 15.0 Å². The molecule has 0 aliphatic heterocycles. The first-order valence-corrected chi connectivity index (χ1v) is 9.07. The summed E-state index contributed by atoms with van der Waals surface area (Å²) < 4.78 is 3.04. The molecule has 132 valence electrons. The van der Waals surface area contributed by atoms with Gasteiger partial charge in [0.25, 0.3) is 5.91 Å². The summed E-state index contributed by atoms with van der Waals surface area (Å²) >= 11 is 6.62. The molecule has 3 rings (SSSR count). The van der Waals surface area contributed by atoms with Crippen LogP contribution in [-0.2, 0) is 6.54 Å². The summed E-state index contributed by atoms with van der Waals surface area (Å²) in [5, 5.41) is 28.6. The van der Waals surface area contributed by atoms with Crippen LogP contribution in [0.25, 0.3) is 10.9 Å². The van der Waals surface area contributed by atoms with Gasteiger partial charge in [-0.15, -0.1) is 16.8 Å². The van der Waals surface area contributed by atoms with Crippen LogP contribution in [0.5, 0.6) is 11.6 Å². The van der Waals surface area contributed by atoms with Crippen LogP contribution in [0.1, 0.15) is 10.4 Å². The number of phenols is 1. The van der Waals surface area contributed by atoms with Gasteiger partial charge in [0.05, 0.1) is 11.1 Å². The number of hydrogen-bond donors (Lipinski definition) is 2. The molecular formula is C18H13Br2N3O3. The molecule has 1 heterocycles. The first-order valence-electron chi connectivity index (χ1n) is 7.48. The molecule has 1 aromatic heterocycles. The Kier molecular flexibility index (Phi) is 5.24. The second-order valence-corrected chi connectivity index (χ2v) is 7.23. The van der Waals surface area contributed by atoms with Gasteiger partial charge in [-0.05, 0) is 36.4 Å². The largest absolute Gasteiger partial charge is 0.507 e. The van der Waals surface area contributed by atoms with Crippen molar-refractivity contribution < 1.29 is 15.0 Å². The first kappa shape index (κ1) is 18.3. The lowest BCUT2D eigenvalue weighted by Crippen LogP contribution is -1.94. The summed E-state index contributed by atoms with van der Waals surface area (Å²) in [4.78, 5) is 12.3. The van der Waals surface area contributed by atoms with E-state index in [0.29, 0.717) is 16.4 Å². The molecule has 0 aliphatic carbocycles. The third-order valence-corrected chi connectivity index (χ3v) is 4.70. The number of nitrogens with zero attached hydrogens (tertiary/aromatic N) is 3. The quantitative estimate of drug-likeness (QED) is 0.373. The van der Waals surface area contributed by atoms with Crippen LogP contribution in [0.3, 0.4) is 0 Å². The molecule has 26 heavy (non-hydrogen) atoms. The predicted octanol–water partition coefficient (Wildman–Crippen LogP) is 5.69. The molecule has 3 aromatic rings. The predicted molar refractivity (Wildman–Crippen MR) is 106 cm³/mol. The number of fused-ring (bicyclic) bond motifs is 1. The van der Waals surface area contributed by atoms with Crippen molar-refractivity contribution in [1.29, 1.82) is 0 Å². The molecule has 0 spiro atoms. The molecule has 0 bridgehead atoms. The Bertz CT molecular complexity index is 1060. The van der Waals surface area contributed by atoms with Crippen molar-refractivity contribution in [2.24, 2.45) is 10.2 Å². The van der Waals surface area contributed by atoms with Crippen LogP contribution in [0.4, 0.5) is 5.69 Å². The normalized spacial score (nSPS) is 11.3. The van der Waals surface area contributed by atoms with Gasteiger partial charge in [0.1, 0.15) is 5.75 Å². The van der Waals surface area contributed by atoms with Gasteiger partial charge < -0.3 is 14.8 Å². The summed E-state index contributed by atoms with van der Waals surface area (Å²) in [7, 11) is 0. The van der Waals surface area contributed by atoms with Crippen molar-refractivity contribution in [2.45, 2.75) is 6.54 Å². The molecule has 2 N–H and O–H groups in total. The van der Waals surface area contributed by atoms with E-state index >= 15 is 0 Å². The minimum Gasteiger partial charge on any atom is -0.507 e. The highest BCUT2D eigenvalue weighted by atomic mass is 79.9. The number of benzene rings is 2. The second-order valence-electron chi connectivity index (χ2n) is 5.40. The maximum atomic E-state index is 12.3. The number of azo groups is 1. The molecule has 0 fully saturated rings. The van der Waals surface area contributed by atoms with E-state index in [1.807, 2.05) is 12.1 Å². The molecule has 2 aromatic carbocycles. The summed E-state index contributed by atoms with van der Waals surface area (Å²) in [5.74, 6) is -1.03. The lowest BCUT2D eigenvalue weighted by Gasteiger charge is -2.02. The second kappa shape index (κ2) is 7.43. The minimum atomic E-state index is -0.720. The topological polar surface area (TPSA) is 87.2 Å². The summed E-state index contributed by atoms with van der Waals surface area (Å²) in [5.41, 5.74) is 0.918. The molecule has 0 radical (unpaired) electrons. The molecule has 0 saturated heterocycles. The van der Waals surface area contributed by atoms with Crippen LogP contribution >= 0.6 is 31.9 Å². The number of rotatable bonds is 4. The molecule has 1 amide bonds. The van der Waals surface area contributed by atoms with Gasteiger partial charge in [0.2, 0.25) is 5.88 Å². The molecule has 6 nitrogen and oxygen atoms in total. The zero-order chi connectivity index (χ0) is 18.8. The van der Waals surface area contributed by atoms with Crippen LogP contribution in [0, 0.1) is 0 Å². The van der Waals surface area contributed by atoms with Gasteiger partial charge in [-0.1, -0.05) is 37.9 Å². The summed E-state index contributed by atoms with van der Waals surface area (Å²) in [6.07, 6.45) is 1.65. The van der Waals surface area contributed by atoms with E-state index in [-0.39, 0.29) is 22.9 Å². The Morgan fingerprint density at radius 2 is 1.85 bits per heavy atom. The Balaban J connectivity index is 2.08. The van der Waals surface area contributed by atoms with Gasteiger partial charge in [0, 0.05) is 20.9 Å². The highest BCUT2D eigenvalue weighted by Gasteiger charge is 2.17. The summed E-state index contributed by atoms with van der Waals surface area (Å²) in [6.45, 7) is 4.06. The van der Waals surface area contributed by atoms with Gasteiger partial charge in [-0.3, -0.25) is 4.79 Å². The highest BCUT2D eigenvalue weighted by molar-refractivity contribution is 9.10. The lowest BCUT2D eigenvalue weighted by molar-refractivity contribution is 0.0992. The fraction of sp³-hybridized carbons (Fsp3) is 0.0556. The fourth-order valence-corrected chi connectivity index (χ4v) is 3.26. The van der Waals surface area contributed by atoms with Crippen molar-refractivity contribution in [3.05, 3.63) is 63.6 Å². The van der Waals surface area contributed by atoms with E-state index in [1.54, 1.807) is 22.8 Å². The highest BCUT2D eigenvalue weighted by Crippen LogP contribution is 2.40. The van der Waals surface area contributed by atoms with Crippen molar-refractivity contribution in [2.75, 3.05) is 0 Å². The van der Waals surface area contributed by atoms with Crippen LogP contribution in [0.15, 0.2) is 68.2 Å². The van der Waals surface area contributed by atoms with Crippen molar-refractivity contribution in [1.82, 2.24) is 4.57 Å². The maximum Gasteiger partial charge on any atom is 0.299 e. The Hall–Kier alpha value is -2.45. The standard InChI is InChI=1S/C18H13Br2N3O3/c1-2-7-23-14-5-3-10(19)8-12(14)16(18(23)26)21-22-17(25)13-9-11(20)4-6-15(13)24/h2-6,8-9,24,26H,1,7H2. The zero-order valence-electron chi connectivity index (χ0n) is 13.4. The van der Waals surface area contributed by atoms with E-state index in [0.717, 1.165) is 9.99 Å². The number of hydrogen-bond acceptors (Lipinski definition) is 4. The van der Waals surface area contributed by atoms with E-state index < -0.39 is 5.91 Å². The number of phenolic OH excluding ortho intramolecular Hbond substituents is 1. The Labute approximate surface area is 165 Å². The molecule has 0 unspecified atom stereocenters. The number of aromatic nitrogens is 1. The third kappa shape index (κ3) is 3.42. The first-order chi connectivity index (χ1) is 12.4. The Morgan fingerprint density at radius 1 is 1.15 bits per heavy atom. The number of allylic oxidation sites excluding steroid dienone is 1. The smallest absolute Gasteiger partial charge is 0.299 e. The third-order valence-electron chi connectivity index (χ3n) is 3.71. The average Bonchev–Trinajstić information content (AvgIpc) is 2.86. The maximum absolute atomic E-state index is 12.3. The minimum absolute atomic E-state index is 0.0126. The molecular weight excluding hydrogens is 466 g/mol. The Morgan fingerprint density at radius 3 is 2.58 bits per heavy atom. The van der Waals surface area contributed by atoms with Crippen LogP contribution < -0.4 is 0 Å². The van der Waals surface area contributed by atoms with E-state index in [1.165, 1.54) is 12.1 Å². The van der Waals surface area contributed by atoms with Gasteiger partial charge in [0.15, 0.2) is 5.69 Å². The van der Waals surface area contributed by atoms with Crippen molar-refractivity contribution >= 4 is 54.4 Å². The molecule has 0 atom stereocenters. The number of amides is 1. The van der Waals surface area contributed by atoms with Crippen molar-refractivity contribution in [3.8, 4) is 11.6 Å². The van der Waals surface area contributed by atoms with Gasteiger partial charge in [-0.25, -0.2) is 0 Å². The summed E-state index contributed by atoms with van der Waals surface area (Å²) in [6, 6.07) is 9.89. The molecule has 0 saturated carbocycles. The fourth-order valence-electron chi connectivity index (χ4n) is 2.54. The van der Waals surface area contributed by atoms with E-state index in [2.05, 4.69) is 48.7 Å². The number of halogens is 2. The SMILES string of the molecule is C=CCn1c(O)c(N=NC(=O)c2cc(Br)ccc2O)c2cc(Br)ccc21. The number of aromatic hydroxyl groups is 2. The lowest BCUT2D eigenvalue weighted by atomic mass is 10.2. The van der Waals surface area contributed by atoms with Gasteiger partial charge >= 0.3 is 0 Å². The number of carbonyl (C=O) groups is 1. The number of carbonyl (C=O) groups excluding carboxylic acids is 1. The molecule has 0 aliphatic rings. The van der Waals surface area contributed by atoms with Crippen LogP contribution in [0.2, 0.25) is 0 Å². The zero-order valence-corrected chi connectivity index (χ0v) is 16.5. The van der Waals surface area contributed by atoms with E-state index in [4.69, 9.17) is 0 Å². The van der Waals surface area contributed by atoms with Crippen molar-refractivity contribution in [3.63, 3.8) is 0 Å².